The van der Waals surface area contributed by atoms with E-state index in [2.05, 4.69) is 36.3 Å². The third kappa shape index (κ3) is 2.02. The fourth-order valence-corrected chi connectivity index (χ4v) is 2.17. The maximum Gasteiger partial charge on any atom is 0.210 e. The van der Waals surface area contributed by atoms with Crippen LogP contribution in [0.2, 0.25) is 0 Å². The summed E-state index contributed by atoms with van der Waals surface area (Å²) >= 11 is 1.80. The molecule has 2 rings (SSSR count). The summed E-state index contributed by atoms with van der Waals surface area (Å²) in [6, 6.07) is 0. The van der Waals surface area contributed by atoms with Crippen LogP contribution in [0.3, 0.4) is 0 Å². The van der Waals surface area contributed by atoms with Crippen molar-refractivity contribution in [3.8, 4) is 0 Å². The Labute approximate surface area is 82.1 Å². The molecule has 0 aliphatic heterocycles. The number of aromatic nitrogens is 4. The van der Waals surface area contributed by atoms with Crippen LogP contribution < -0.4 is 0 Å². The minimum Gasteiger partial charge on any atom is -0.215 e. The Kier molecular flexibility index (Phi) is 2.06. The van der Waals surface area contributed by atoms with Gasteiger partial charge >= 0.3 is 0 Å². The molecule has 0 bridgehead atoms. The van der Waals surface area contributed by atoms with E-state index in [1.165, 1.54) is 12.8 Å². The van der Waals surface area contributed by atoms with E-state index in [4.69, 9.17) is 0 Å². The second-order valence-electron chi connectivity index (χ2n) is 4.36. The lowest BCUT2D eigenvalue weighted by atomic mass is 10.1. The highest BCUT2D eigenvalue weighted by Crippen LogP contribution is 2.38. The van der Waals surface area contributed by atoms with Gasteiger partial charge in [-0.25, -0.2) is 4.68 Å². The number of thioether (sulfide) groups is 1. The van der Waals surface area contributed by atoms with Crippen molar-refractivity contribution in [2.45, 2.75) is 49.6 Å². The minimum absolute atomic E-state index is 0.0132. The molecule has 0 atom stereocenters. The number of nitrogens with zero attached hydrogens (tertiary/aromatic N) is 4. The van der Waals surface area contributed by atoms with Crippen molar-refractivity contribution >= 4 is 11.8 Å². The Hall–Kier alpha value is -0.580. The Morgan fingerprint density at radius 3 is 2.62 bits per heavy atom. The first-order valence-corrected chi connectivity index (χ1v) is 5.41. The van der Waals surface area contributed by atoms with Crippen molar-refractivity contribution in [3.63, 3.8) is 0 Å². The van der Waals surface area contributed by atoms with Gasteiger partial charge in [-0.15, -0.1) is 5.10 Å². The van der Waals surface area contributed by atoms with E-state index in [1.807, 2.05) is 4.68 Å². The smallest absolute Gasteiger partial charge is 0.210 e. The maximum atomic E-state index is 4.03. The summed E-state index contributed by atoms with van der Waals surface area (Å²) in [4.78, 5) is 0. The zero-order valence-electron chi connectivity index (χ0n) is 8.19. The lowest BCUT2D eigenvalue weighted by Crippen LogP contribution is -2.24. The van der Waals surface area contributed by atoms with Crippen molar-refractivity contribution in [3.05, 3.63) is 0 Å². The first kappa shape index (κ1) is 8.99. The van der Waals surface area contributed by atoms with Gasteiger partial charge in [0.25, 0.3) is 0 Å². The van der Waals surface area contributed by atoms with Gasteiger partial charge in [0, 0.05) is 5.25 Å². The highest BCUT2D eigenvalue weighted by molar-refractivity contribution is 8.00. The van der Waals surface area contributed by atoms with E-state index in [1.54, 1.807) is 11.8 Å². The summed E-state index contributed by atoms with van der Waals surface area (Å²) in [5, 5.41) is 13.5. The molecular weight excluding hydrogens is 184 g/mol. The zero-order chi connectivity index (χ0) is 9.47. The van der Waals surface area contributed by atoms with Gasteiger partial charge in [0.15, 0.2) is 0 Å². The molecule has 1 aliphatic rings. The molecule has 0 N–H and O–H groups in total. The van der Waals surface area contributed by atoms with Gasteiger partial charge < -0.3 is 0 Å². The van der Waals surface area contributed by atoms with Crippen LogP contribution in [0, 0.1) is 0 Å². The van der Waals surface area contributed by atoms with Crippen LogP contribution >= 0.6 is 11.8 Å². The molecule has 13 heavy (non-hydrogen) atoms. The average molecular weight is 198 g/mol. The van der Waals surface area contributed by atoms with E-state index >= 15 is 0 Å². The second kappa shape index (κ2) is 2.97. The predicted octanol–water partition coefficient (Wildman–Crippen LogP) is 1.68. The van der Waals surface area contributed by atoms with Gasteiger partial charge in [-0.3, -0.25) is 0 Å². The van der Waals surface area contributed by atoms with E-state index in [0.717, 1.165) is 10.4 Å². The fraction of sp³-hybridized carbons (Fsp3) is 0.875. The van der Waals surface area contributed by atoms with Gasteiger partial charge in [-0.05, 0) is 44.0 Å². The summed E-state index contributed by atoms with van der Waals surface area (Å²) in [5.74, 6) is 0. The van der Waals surface area contributed by atoms with E-state index in [-0.39, 0.29) is 5.54 Å². The molecule has 1 heterocycles. The summed E-state index contributed by atoms with van der Waals surface area (Å²) in [5.41, 5.74) is -0.0132. The summed E-state index contributed by atoms with van der Waals surface area (Å²) in [6.07, 6.45) is 2.61. The molecule has 0 amide bonds. The lowest BCUT2D eigenvalue weighted by molar-refractivity contribution is 0.321. The second-order valence-corrected chi connectivity index (χ2v) is 5.63. The molecule has 0 spiro atoms. The summed E-state index contributed by atoms with van der Waals surface area (Å²) in [7, 11) is 0. The highest BCUT2D eigenvalue weighted by atomic mass is 32.2. The van der Waals surface area contributed by atoms with Gasteiger partial charge in [-0.1, -0.05) is 11.8 Å². The van der Waals surface area contributed by atoms with Crippen LogP contribution in [0.5, 0.6) is 0 Å². The summed E-state index contributed by atoms with van der Waals surface area (Å²) in [6.45, 7) is 6.33. The number of tetrazole rings is 1. The molecule has 1 fully saturated rings. The predicted molar refractivity (Wildman–Crippen MR) is 51.7 cm³/mol. The third-order valence-corrected chi connectivity index (χ3v) is 3.14. The molecule has 1 aromatic rings. The van der Waals surface area contributed by atoms with Crippen LogP contribution in [0.15, 0.2) is 5.16 Å². The van der Waals surface area contributed by atoms with Crippen LogP contribution in [-0.2, 0) is 5.54 Å². The Morgan fingerprint density at radius 1 is 1.38 bits per heavy atom. The van der Waals surface area contributed by atoms with E-state index in [0.29, 0.717) is 0 Å². The quantitative estimate of drug-likeness (QED) is 0.725. The molecule has 72 valence electrons. The first-order chi connectivity index (χ1) is 6.07. The summed E-state index contributed by atoms with van der Waals surface area (Å²) < 4.78 is 1.90. The molecule has 1 saturated carbocycles. The third-order valence-electron chi connectivity index (χ3n) is 1.87. The largest absolute Gasteiger partial charge is 0.215 e. The topological polar surface area (TPSA) is 43.6 Å². The molecule has 4 nitrogen and oxygen atoms in total. The average Bonchev–Trinajstić information content (AvgIpc) is 2.63. The fourth-order valence-electron chi connectivity index (χ4n) is 1.01. The number of hydrogen-bond donors (Lipinski definition) is 0. The first-order valence-electron chi connectivity index (χ1n) is 4.53. The van der Waals surface area contributed by atoms with Crippen LogP contribution in [0.4, 0.5) is 0 Å². The monoisotopic (exact) mass is 198 g/mol. The molecule has 1 aliphatic carbocycles. The maximum absolute atomic E-state index is 4.03. The van der Waals surface area contributed by atoms with Gasteiger partial charge in [-0.2, -0.15) is 0 Å². The van der Waals surface area contributed by atoms with E-state index in [9.17, 15) is 0 Å². The van der Waals surface area contributed by atoms with Crippen LogP contribution in [0.25, 0.3) is 0 Å². The molecule has 0 unspecified atom stereocenters. The van der Waals surface area contributed by atoms with Crippen molar-refractivity contribution in [2.24, 2.45) is 0 Å². The zero-order valence-corrected chi connectivity index (χ0v) is 9.01. The van der Waals surface area contributed by atoms with Crippen LogP contribution in [0.1, 0.15) is 33.6 Å². The van der Waals surface area contributed by atoms with Crippen molar-refractivity contribution in [1.82, 2.24) is 20.2 Å². The van der Waals surface area contributed by atoms with Crippen molar-refractivity contribution < 1.29 is 0 Å². The number of rotatable bonds is 2. The standard InChI is InChI=1S/C8H14N4S/c1-8(2,3)12-7(9-10-11-12)13-6-4-5-6/h6H,4-5H2,1-3H3. The molecule has 0 saturated heterocycles. The minimum atomic E-state index is -0.0132. The van der Waals surface area contributed by atoms with Gasteiger partial charge in [0.2, 0.25) is 5.16 Å². The molecular formula is C8H14N4S. The Morgan fingerprint density at radius 2 is 2.08 bits per heavy atom. The van der Waals surface area contributed by atoms with Gasteiger partial charge in [0.1, 0.15) is 0 Å². The SMILES string of the molecule is CC(C)(C)n1nnnc1SC1CC1. The van der Waals surface area contributed by atoms with E-state index < -0.39 is 0 Å². The highest BCUT2D eigenvalue weighted by Gasteiger charge is 2.28. The molecule has 1 aromatic heterocycles. The molecule has 5 heteroatoms. The molecule has 0 aromatic carbocycles. The van der Waals surface area contributed by atoms with Crippen molar-refractivity contribution in [1.29, 1.82) is 0 Å². The normalized spacial score (nSPS) is 17.8. The molecule has 0 radical (unpaired) electrons. The van der Waals surface area contributed by atoms with Gasteiger partial charge in [0.05, 0.1) is 5.54 Å². The lowest BCUT2D eigenvalue weighted by Gasteiger charge is -2.19. The van der Waals surface area contributed by atoms with Crippen LogP contribution in [-0.4, -0.2) is 25.5 Å². The van der Waals surface area contributed by atoms with Crippen molar-refractivity contribution in [2.75, 3.05) is 0 Å². The Bertz CT molecular complexity index is 297. The number of hydrogen-bond acceptors (Lipinski definition) is 4. The Balaban J connectivity index is 2.19.